The third-order valence-corrected chi connectivity index (χ3v) is 7.71. The number of hydrogen-bond acceptors (Lipinski definition) is 4. The Kier molecular flexibility index (Phi) is 9.79. The Hall–Kier alpha value is -3.73. The minimum absolute atomic E-state index is 0.110. The maximum atomic E-state index is 14.9. The van der Waals surface area contributed by atoms with Crippen LogP contribution in [0.5, 0.6) is 0 Å². The van der Waals surface area contributed by atoms with Gasteiger partial charge < -0.3 is 16.0 Å². The Bertz CT molecular complexity index is 1720. The number of carbonyl (C=O) groups excluding carboxylic acids is 3. The van der Waals surface area contributed by atoms with Crippen molar-refractivity contribution in [2.45, 2.75) is 22.8 Å². The van der Waals surface area contributed by atoms with Crippen LogP contribution in [0.3, 0.4) is 0 Å². The van der Waals surface area contributed by atoms with Crippen molar-refractivity contribution in [3.63, 3.8) is 0 Å². The van der Waals surface area contributed by atoms with Crippen molar-refractivity contribution in [2.75, 3.05) is 22.6 Å². The Labute approximate surface area is 266 Å². The number of alkyl halides is 8. The van der Waals surface area contributed by atoms with E-state index in [2.05, 4.69) is 10.1 Å². The molecule has 1 aliphatic carbocycles. The molecular formula is C27H15Cl3F9N3O4. The first-order chi connectivity index (χ1) is 21.2. The molecule has 19 heteroatoms. The maximum absolute atomic E-state index is 14.9. The largest absolute Gasteiger partial charge is 0.523 e. The first-order valence-corrected chi connectivity index (χ1v) is 13.5. The highest BCUT2D eigenvalue weighted by Gasteiger charge is 2.67. The number of hydrogen-bond donors (Lipinski definition) is 3. The lowest BCUT2D eigenvalue weighted by Crippen LogP contribution is -2.25. The highest BCUT2D eigenvalue weighted by atomic mass is 35.5. The zero-order chi connectivity index (χ0) is 34.4. The first kappa shape index (κ1) is 35.1. The Morgan fingerprint density at radius 2 is 1.50 bits per heavy atom. The van der Waals surface area contributed by atoms with Crippen LogP contribution in [0, 0.1) is 23.4 Å². The third-order valence-electron chi connectivity index (χ3n) is 6.44. The molecular weight excluding hydrogens is 708 g/mol. The van der Waals surface area contributed by atoms with Crippen LogP contribution in [-0.2, 0) is 20.5 Å². The summed E-state index contributed by atoms with van der Waals surface area (Å²) < 4.78 is 120. The van der Waals surface area contributed by atoms with Crippen molar-refractivity contribution in [3.05, 3.63) is 87.7 Å². The summed E-state index contributed by atoms with van der Waals surface area (Å²) >= 11 is 18.4. The Morgan fingerprint density at radius 1 is 0.848 bits per heavy atom. The smallest absolute Gasteiger partial charge is 0.326 e. The summed E-state index contributed by atoms with van der Waals surface area (Å²) in [4.78, 5) is 37.6. The summed E-state index contributed by atoms with van der Waals surface area (Å²) in [6, 6.07) is 6.72. The number of amides is 3. The van der Waals surface area contributed by atoms with Gasteiger partial charge in [-0.25, -0.2) is 13.2 Å². The Balaban J connectivity index is 1.49. The van der Waals surface area contributed by atoms with Gasteiger partial charge in [0.1, 0.15) is 28.3 Å². The molecule has 3 amide bonds. The second kappa shape index (κ2) is 12.8. The van der Waals surface area contributed by atoms with Crippen molar-refractivity contribution >= 4 is 69.6 Å². The van der Waals surface area contributed by atoms with E-state index in [4.69, 9.17) is 34.8 Å². The van der Waals surface area contributed by atoms with E-state index in [0.717, 1.165) is 24.3 Å². The molecule has 1 saturated carbocycles. The van der Waals surface area contributed by atoms with Gasteiger partial charge in [-0.15, -0.1) is 36.4 Å². The lowest BCUT2D eigenvalue weighted by atomic mass is 10.0. The summed E-state index contributed by atoms with van der Waals surface area (Å²) in [6.07, 6.45) is -10.2. The molecule has 3 aromatic rings. The van der Waals surface area contributed by atoms with Gasteiger partial charge in [0.15, 0.2) is 5.82 Å². The molecule has 246 valence electrons. The van der Waals surface area contributed by atoms with Crippen molar-refractivity contribution in [3.8, 4) is 0 Å². The number of halogens is 12. The van der Waals surface area contributed by atoms with Gasteiger partial charge in [0.05, 0.1) is 27.8 Å². The van der Waals surface area contributed by atoms with Gasteiger partial charge in [0.2, 0.25) is 5.91 Å². The summed E-state index contributed by atoms with van der Waals surface area (Å²) in [7, 11) is 0. The topological polar surface area (TPSA) is 96.5 Å². The fourth-order valence-electron chi connectivity index (χ4n) is 4.29. The van der Waals surface area contributed by atoms with Crippen LogP contribution in [0.25, 0.3) is 0 Å². The molecule has 46 heavy (non-hydrogen) atoms. The highest BCUT2D eigenvalue weighted by molar-refractivity contribution is 6.53. The van der Waals surface area contributed by atoms with Crippen LogP contribution < -0.4 is 16.0 Å². The van der Waals surface area contributed by atoms with Crippen LogP contribution in [0.1, 0.15) is 27.4 Å². The highest BCUT2D eigenvalue weighted by Crippen LogP contribution is 2.65. The molecule has 0 aromatic heterocycles. The van der Waals surface area contributed by atoms with E-state index in [1.54, 1.807) is 5.32 Å². The predicted octanol–water partition coefficient (Wildman–Crippen LogP) is 8.03. The fourth-order valence-corrected chi connectivity index (χ4v) is 5.33. The van der Waals surface area contributed by atoms with Gasteiger partial charge in [0, 0.05) is 11.6 Å². The molecule has 0 heterocycles. The van der Waals surface area contributed by atoms with Gasteiger partial charge in [-0.2, -0.15) is 13.2 Å². The molecule has 0 aliphatic heterocycles. The zero-order valence-electron chi connectivity index (χ0n) is 22.1. The predicted molar refractivity (Wildman–Crippen MR) is 147 cm³/mol. The normalized spacial score (nSPS) is 17.3. The van der Waals surface area contributed by atoms with E-state index in [1.807, 2.05) is 5.32 Å². The molecule has 1 fully saturated rings. The SMILES string of the molecule is O=C(COC(F)(F)F)Nc1c(F)ccc(NC(=O)c2cc(NC(=O)C3C(c4ccc(F)c(C(F)(F)F)c4)C3(Cl)Cl)ccc2Cl)c1F. The molecule has 0 bridgehead atoms. The lowest BCUT2D eigenvalue weighted by molar-refractivity contribution is -0.320. The number of rotatable bonds is 8. The minimum atomic E-state index is -5.20. The quantitative estimate of drug-likeness (QED) is 0.162. The first-order valence-electron chi connectivity index (χ1n) is 12.4. The van der Waals surface area contributed by atoms with Crippen molar-refractivity contribution < 1.29 is 58.6 Å². The van der Waals surface area contributed by atoms with Crippen molar-refractivity contribution in [1.29, 1.82) is 0 Å². The van der Waals surface area contributed by atoms with Gasteiger partial charge in [-0.1, -0.05) is 17.7 Å². The number of carbonyl (C=O) groups is 3. The third kappa shape index (κ3) is 7.79. The van der Waals surface area contributed by atoms with E-state index in [9.17, 15) is 53.9 Å². The van der Waals surface area contributed by atoms with Crippen LogP contribution in [0.15, 0.2) is 48.5 Å². The molecule has 0 saturated heterocycles. The summed E-state index contributed by atoms with van der Waals surface area (Å²) in [5, 5.41) is 5.73. The monoisotopic (exact) mass is 721 g/mol. The van der Waals surface area contributed by atoms with Crippen molar-refractivity contribution in [2.24, 2.45) is 5.92 Å². The average molecular weight is 723 g/mol. The zero-order valence-corrected chi connectivity index (χ0v) is 24.4. The molecule has 0 radical (unpaired) electrons. The summed E-state index contributed by atoms with van der Waals surface area (Å²) in [5.74, 6) is -10.6. The van der Waals surface area contributed by atoms with E-state index in [-0.39, 0.29) is 16.3 Å². The number of benzene rings is 3. The standard InChI is InChI=1S/C27H15Cl3F9N3O4/c28-14-3-2-11(40-24(45)20-19(25(20,29)30)10-1-4-15(31)13(7-10)26(34,35)36)8-12(14)23(44)41-17-6-5-16(32)22(21(17)33)42-18(43)9-46-27(37,38)39/h1-8,19-20H,9H2,(H,40,45)(H,41,44)(H,42,43). The van der Waals surface area contributed by atoms with E-state index >= 15 is 0 Å². The molecule has 4 rings (SSSR count). The van der Waals surface area contributed by atoms with Crippen LogP contribution in [0.2, 0.25) is 5.02 Å². The number of ether oxygens (including phenoxy) is 1. The maximum Gasteiger partial charge on any atom is 0.523 e. The van der Waals surface area contributed by atoms with Crippen molar-refractivity contribution in [1.82, 2.24) is 0 Å². The van der Waals surface area contributed by atoms with Crippen LogP contribution >= 0.6 is 34.8 Å². The summed E-state index contributed by atoms with van der Waals surface area (Å²) in [6.45, 7) is -1.62. The van der Waals surface area contributed by atoms with Crippen LogP contribution in [-0.4, -0.2) is 35.0 Å². The van der Waals surface area contributed by atoms with E-state index in [1.165, 1.54) is 6.07 Å². The molecule has 0 spiro atoms. The van der Waals surface area contributed by atoms with Gasteiger partial charge in [0.25, 0.3) is 11.8 Å². The average Bonchev–Trinajstić information content (AvgIpc) is 3.53. The molecule has 2 atom stereocenters. The van der Waals surface area contributed by atoms with E-state index in [0.29, 0.717) is 18.2 Å². The lowest BCUT2D eigenvalue weighted by Gasteiger charge is -2.14. The molecule has 2 unspecified atom stereocenters. The minimum Gasteiger partial charge on any atom is -0.326 e. The second-order valence-corrected chi connectivity index (χ2v) is 11.4. The van der Waals surface area contributed by atoms with Gasteiger partial charge in [-0.05, 0) is 48.0 Å². The molecule has 3 aromatic carbocycles. The second-order valence-electron chi connectivity index (χ2n) is 9.57. The molecule has 7 nitrogen and oxygen atoms in total. The number of anilines is 3. The Morgan fingerprint density at radius 3 is 2.13 bits per heavy atom. The molecule has 3 N–H and O–H groups in total. The van der Waals surface area contributed by atoms with E-state index < -0.39 is 93.0 Å². The number of nitrogens with one attached hydrogen (secondary N) is 3. The van der Waals surface area contributed by atoms with Gasteiger partial charge in [-0.3, -0.25) is 19.1 Å². The van der Waals surface area contributed by atoms with Gasteiger partial charge >= 0.3 is 12.5 Å². The molecule has 1 aliphatic rings. The summed E-state index contributed by atoms with van der Waals surface area (Å²) in [5.41, 5.74) is -4.20. The fraction of sp³-hybridized carbons (Fsp3) is 0.222. The van der Waals surface area contributed by atoms with Crippen LogP contribution in [0.4, 0.5) is 56.6 Å².